The summed E-state index contributed by atoms with van der Waals surface area (Å²) in [5.74, 6) is -1.28. The van der Waals surface area contributed by atoms with E-state index in [-0.39, 0.29) is 27.9 Å². The summed E-state index contributed by atoms with van der Waals surface area (Å²) in [5.41, 5.74) is -1.13. The van der Waals surface area contributed by atoms with Crippen molar-refractivity contribution >= 4 is 35.1 Å². The number of carbonyl (C=O) groups is 2. The van der Waals surface area contributed by atoms with Gasteiger partial charge in [0.1, 0.15) is 5.54 Å². The van der Waals surface area contributed by atoms with Crippen LogP contribution in [0.4, 0.5) is 0 Å². The normalized spacial score (nSPS) is 11.1. The number of hydrogen-bond donors (Lipinski definition) is 1. The first kappa shape index (κ1) is 17.6. The molecule has 0 aromatic heterocycles. The molecule has 116 valence electrons. The molecule has 0 radical (unpaired) electrons. The van der Waals surface area contributed by atoms with Gasteiger partial charge in [-0.3, -0.25) is 4.79 Å². The van der Waals surface area contributed by atoms with Crippen LogP contribution in [0.25, 0.3) is 0 Å². The third-order valence-electron chi connectivity index (χ3n) is 3.21. The van der Waals surface area contributed by atoms with Crippen LogP contribution >= 0.6 is 23.2 Å². The Bertz CT molecular complexity index is 549. The summed E-state index contributed by atoms with van der Waals surface area (Å²) in [6.45, 7) is 4.86. The monoisotopic (exact) mass is 333 g/mol. The number of likely N-dealkylation sites (N-methyl/N-ethyl adjacent to an activating group) is 1. The number of hydrogen-bond acceptors (Lipinski definition) is 3. The Labute approximate surface area is 133 Å². The molecule has 1 N–H and O–H groups in total. The van der Waals surface area contributed by atoms with Crippen LogP contribution in [0.15, 0.2) is 12.1 Å². The summed E-state index contributed by atoms with van der Waals surface area (Å²) >= 11 is 12.0. The first-order chi connectivity index (χ1) is 9.66. The van der Waals surface area contributed by atoms with Gasteiger partial charge in [0.05, 0.1) is 17.2 Å². The van der Waals surface area contributed by atoms with Gasteiger partial charge in [0.15, 0.2) is 5.75 Å². The van der Waals surface area contributed by atoms with Gasteiger partial charge in [0, 0.05) is 12.1 Å². The fourth-order valence-electron chi connectivity index (χ4n) is 1.94. The summed E-state index contributed by atoms with van der Waals surface area (Å²) in [7, 11) is 1.42. The van der Waals surface area contributed by atoms with Crippen molar-refractivity contribution in [1.29, 1.82) is 0 Å². The van der Waals surface area contributed by atoms with E-state index in [2.05, 4.69) is 0 Å². The molecule has 1 amide bonds. The Kier molecular flexibility index (Phi) is 5.48. The molecule has 0 spiro atoms. The second-order valence-electron chi connectivity index (χ2n) is 4.89. The Balaban J connectivity index is 3.27. The fourth-order valence-corrected chi connectivity index (χ4v) is 2.58. The van der Waals surface area contributed by atoms with E-state index >= 15 is 0 Å². The van der Waals surface area contributed by atoms with Crippen molar-refractivity contribution in [1.82, 2.24) is 4.90 Å². The Morgan fingerprint density at radius 1 is 1.29 bits per heavy atom. The van der Waals surface area contributed by atoms with Crippen molar-refractivity contribution in [3.8, 4) is 5.75 Å². The van der Waals surface area contributed by atoms with E-state index in [0.717, 1.165) is 0 Å². The SMILES string of the molecule is CCN(C(=O)c1cc(Cl)c(OC)c(Cl)c1)C(C)(C)C(=O)O. The molecule has 5 nitrogen and oxygen atoms in total. The number of amides is 1. The average Bonchev–Trinajstić information content (AvgIpc) is 2.38. The second-order valence-corrected chi connectivity index (χ2v) is 5.70. The third-order valence-corrected chi connectivity index (χ3v) is 3.77. The van der Waals surface area contributed by atoms with E-state index in [1.54, 1.807) is 6.92 Å². The first-order valence-corrected chi connectivity index (χ1v) is 7.00. The van der Waals surface area contributed by atoms with Crippen LogP contribution < -0.4 is 4.74 Å². The van der Waals surface area contributed by atoms with Crippen molar-refractivity contribution in [2.45, 2.75) is 26.3 Å². The van der Waals surface area contributed by atoms with Crippen LogP contribution in [0.5, 0.6) is 5.75 Å². The maximum atomic E-state index is 12.5. The van der Waals surface area contributed by atoms with Gasteiger partial charge in [-0.15, -0.1) is 0 Å². The smallest absolute Gasteiger partial charge is 0.329 e. The van der Waals surface area contributed by atoms with E-state index in [4.69, 9.17) is 27.9 Å². The van der Waals surface area contributed by atoms with Gasteiger partial charge in [0.25, 0.3) is 5.91 Å². The van der Waals surface area contributed by atoms with Crippen molar-refractivity contribution in [2.24, 2.45) is 0 Å². The summed E-state index contributed by atoms with van der Waals surface area (Å²) in [5, 5.41) is 9.65. The molecule has 7 heteroatoms. The molecule has 0 unspecified atom stereocenters. The number of benzene rings is 1. The second kappa shape index (κ2) is 6.54. The molecule has 0 saturated carbocycles. The average molecular weight is 334 g/mol. The molecule has 1 rings (SSSR count). The zero-order chi connectivity index (χ0) is 16.4. The number of aliphatic carboxylic acids is 1. The standard InChI is InChI=1S/C14H17Cl2NO4/c1-5-17(14(2,3)13(19)20)12(18)8-6-9(15)11(21-4)10(16)7-8/h6-7H,5H2,1-4H3,(H,19,20). The molecule has 0 bridgehead atoms. The first-order valence-electron chi connectivity index (χ1n) is 6.25. The Hall–Kier alpha value is -1.46. The van der Waals surface area contributed by atoms with Crippen molar-refractivity contribution in [3.05, 3.63) is 27.7 Å². The minimum absolute atomic E-state index is 0.192. The summed E-state index contributed by atoms with van der Waals surface area (Å²) < 4.78 is 5.02. The molecule has 0 aliphatic carbocycles. The predicted molar refractivity (Wildman–Crippen MR) is 81.4 cm³/mol. The number of nitrogens with zero attached hydrogens (tertiary/aromatic N) is 1. The highest BCUT2D eigenvalue weighted by atomic mass is 35.5. The lowest BCUT2D eigenvalue weighted by molar-refractivity contribution is -0.147. The van der Waals surface area contributed by atoms with Gasteiger partial charge >= 0.3 is 5.97 Å². The van der Waals surface area contributed by atoms with Crippen LogP contribution in [-0.4, -0.2) is 41.1 Å². The number of methoxy groups -OCH3 is 1. The molecule has 0 saturated heterocycles. The van der Waals surface area contributed by atoms with E-state index in [1.165, 1.54) is 38.0 Å². The number of ether oxygens (including phenoxy) is 1. The summed E-state index contributed by atoms with van der Waals surface area (Å²) in [6.07, 6.45) is 0. The van der Waals surface area contributed by atoms with Crippen LogP contribution in [-0.2, 0) is 4.79 Å². The van der Waals surface area contributed by atoms with Crippen molar-refractivity contribution in [3.63, 3.8) is 0 Å². The molecule has 21 heavy (non-hydrogen) atoms. The molecule has 0 fully saturated rings. The molecular weight excluding hydrogens is 317 g/mol. The number of carboxylic acid groups (broad SMARTS) is 1. The molecule has 0 heterocycles. The Morgan fingerprint density at radius 2 is 1.76 bits per heavy atom. The van der Waals surface area contributed by atoms with Gasteiger partial charge in [-0.2, -0.15) is 0 Å². The zero-order valence-electron chi connectivity index (χ0n) is 12.2. The maximum Gasteiger partial charge on any atom is 0.329 e. The minimum atomic E-state index is -1.34. The number of carboxylic acids is 1. The fraction of sp³-hybridized carbons (Fsp3) is 0.429. The van der Waals surface area contributed by atoms with Crippen LogP contribution in [0, 0.1) is 0 Å². The zero-order valence-corrected chi connectivity index (χ0v) is 13.7. The van der Waals surface area contributed by atoms with E-state index < -0.39 is 17.4 Å². The van der Waals surface area contributed by atoms with Gasteiger partial charge in [-0.25, -0.2) is 4.79 Å². The maximum absolute atomic E-state index is 12.5. The highest BCUT2D eigenvalue weighted by Crippen LogP contribution is 2.34. The lowest BCUT2D eigenvalue weighted by Gasteiger charge is -2.34. The van der Waals surface area contributed by atoms with Gasteiger partial charge in [0.2, 0.25) is 0 Å². The number of halogens is 2. The van der Waals surface area contributed by atoms with Crippen molar-refractivity contribution < 1.29 is 19.4 Å². The lowest BCUT2D eigenvalue weighted by atomic mass is 10.0. The molecule has 0 aliphatic heterocycles. The molecule has 1 aromatic carbocycles. The van der Waals surface area contributed by atoms with Gasteiger partial charge in [-0.1, -0.05) is 23.2 Å². The van der Waals surface area contributed by atoms with E-state index in [1.807, 2.05) is 0 Å². The van der Waals surface area contributed by atoms with Gasteiger partial charge in [-0.05, 0) is 32.9 Å². The highest BCUT2D eigenvalue weighted by Gasteiger charge is 2.37. The third kappa shape index (κ3) is 3.41. The minimum Gasteiger partial charge on any atom is -0.494 e. The van der Waals surface area contributed by atoms with Gasteiger partial charge < -0.3 is 14.7 Å². The summed E-state index contributed by atoms with van der Waals surface area (Å²) in [6, 6.07) is 2.82. The molecule has 0 aliphatic rings. The lowest BCUT2D eigenvalue weighted by Crippen LogP contribution is -2.52. The largest absolute Gasteiger partial charge is 0.494 e. The van der Waals surface area contributed by atoms with Crippen LogP contribution in [0.1, 0.15) is 31.1 Å². The summed E-state index contributed by atoms with van der Waals surface area (Å²) in [4.78, 5) is 25.1. The predicted octanol–water partition coefficient (Wildman–Crippen LogP) is 3.33. The Morgan fingerprint density at radius 3 is 2.10 bits per heavy atom. The van der Waals surface area contributed by atoms with Crippen LogP contribution in [0.3, 0.4) is 0 Å². The molecular formula is C14H17Cl2NO4. The van der Waals surface area contributed by atoms with Crippen molar-refractivity contribution in [2.75, 3.05) is 13.7 Å². The molecule has 1 aromatic rings. The quantitative estimate of drug-likeness (QED) is 0.897. The van der Waals surface area contributed by atoms with Crippen LogP contribution in [0.2, 0.25) is 10.0 Å². The number of rotatable bonds is 5. The topological polar surface area (TPSA) is 66.8 Å². The van der Waals surface area contributed by atoms with E-state index in [0.29, 0.717) is 0 Å². The molecule has 0 atom stereocenters. The highest BCUT2D eigenvalue weighted by molar-refractivity contribution is 6.37. The number of carbonyl (C=O) groups excluding carboxylic acids is 1. The van der Waals surface area contributed by atoms with E-state index in [9.17, 15) is 14.7 Å².